The van der Waals surface area contributed by atoms with Gasteiger partial charge in [0, 0.05) is 18.7 Å². The Balaban J connectivity index is 2.07. The third kappa shape index (κ3) is 4.40. The number of nitrogens with one attached hydrogen (secondary N) is 1. The van der Waals surface area contributed by atoms with E-state index < -0.39 is 0 Å². The van der Waals surface area contributed by atoms with Crippen molar-refractivity contribution < 1.29 is 14.3 Å². The van der Waals surface area contributed by atoms with E-state index in [0.717, 1.165) is 11.1 Å². The van der Waals surface area contributed by atoms with E-state index in [0.29, 0.717) is 41.8 Å². The van der Waals surface area contributed by atoms with Gasteiger partial charge in [-0.25, -0.2) is 0 Å². The standard InChI is InChI=1S/C18H21ClN2O3/c1-3-24-17-15(19)8-13(9-16(17)23-2)11-21-18(22)14-6-4-12(10-20)5-7-14/h4-9H,3,10-11,20H2,1-2H3,(H,21,22). The van der Waals surface area contributed by atoms with Crippen molar-refractivity contribution in [1.29, 1.82) is 0 Å². The van der Waals surface area contributed by atoms with Crippen LogP contribution in [0.1, 0.15) is 28.4 Å². The first-order valence-electron chi connectivity index (χ1n) is 7.65. The predicted octanol–water partition coefficient (Wildman–Crippen LogP) is 3.14. The second-order valence-corrected chi connectivity index (χ2v) is 5.53. The topological polar surface area (TPSA) is 73.6 Å². The van der Waals surface area contributed by atoms with Gasteiger partial charge in [-0.2, -0.15) is 0 Å². The average Bonchev–Trinajstić information content (AvgIpc) is 2.61. The summed E-state index contributed by atoms with van der Waals surface area (Å²) in [4.78, 5) is 12.2. The number of carbonyl (C=O) groups excluding carboxylic acids is 1. The molecule has 0 spiro atoms. The van der Waals surface area contributed by atoms with Gasteiger partial charge in [0.2, 0.25) is 0 Å². The molecule has 24 heavy (non-hydrogen) atoms. The number of methoxy groups -OCH3 is 1. The lowest BCUT2D eigenvalue weighted by atomic mass is 10.1. The Morgan fingerprint density at radius 2 is 1.92 bits per heavy atom. The molecule has 0 aliphatic carbocycles. The molecule has 2 aromatic carbocycles. The van der Waals surface area contributed by atoms with Gasteiger partial charge in [0.15, 0.2) is 11.5 Å². The zero-order valence-electron chi connectivity index (χ0n) is 13.8. The minimum absolute atomic E-state index is 0.164. The first-order chi connectivity index (χ1) is 11.6. The van der Waals surface area contributed by atoms with Crippen LogP contribution in [0.4, 0.5) is 0 Å². The van der Waals surface area contributed by atoms with E-state index >= 15 is 0 Å². The summed E-state index contributed by atoms with van der Waals surface area (Å²) in [5.74, 6) is 0.887. The third-order valence-electron chi connectivity index (χ3n) is 3.48. The molecule has 0 saturated heterocycles. The summed E-state index contributed by atoms with van der Waals surface area (Å²) < 4.78 is 10.8. The number of carbonyl (C=O) groups is 1. The smallest absolute Gasteiger partial charge is 0.251 e. The maximum atomic E-state index is 12.2. The van der Waals surface area contributed by atoms with E-state index in [1.54, 1.807) is 31.4 Å². The molecule has 0 saturated carbocycles. The number of ether oxygens (including phenoxy) is 2. The zero-order chi connectivity index (χ0) is 17.5. The molecule has 0 aromatic heterocycles. The van der Waals surface area contributed by atoms with Crippen molar-refractivity contribution in [2.24, 2.45) is 5.73 Å². The van der Waals surface area contributed by atoms with E-state index in [1.807, 2.05) is 19.1 Å². The second kappa shape index (κ2) is 8.57. The molecule has 0 radical (unpaired) electrons. The number of benzene rings is 2. The van der Waals surface area contributed by atoms with Gasteiger partial charge in [-0.1, -0.05) is 23.7 Å². The number of amides is 1. The normalized spacial score (nSPS) is 10.3. The Kier molecular flexibility index (Phi) is 6.46. The molecule has 0 aliphatic heterocycles. The fourth-order valence-corrected chi connectivity index (χ4v) is 2.52. The first-order valence-corrected chi connectivity index (χ1v) is 8.03. The van der Waals surface area contributed by atoms with Crippen molar-refractivity contribution in [1.82, 2.24) is 5.32 Å². The molecule has 3 N–H and O–H groups in total. The Bertz CT molecular complexity index is 702. The van der Waals surface area contributed by atoms with Crippen molar-refractivity contribution in [2.75, 3.05) is 13.7 Å². The Labute approximate surface area is 146 Å². The molecule has 0 bridgehead atoms. The summed E-state index contributed by atoms with van der Waals surface area (Å²) in [6.07, 6.45) is 0. The molecule has 1 amide bonds. The zero-order valence-corrected chi connectivity index (χ0v) is 14.5. The number of hydrogen-bond donors (Lipinski definition) is 2. The van der Waals surface area contributed by atoms with Crippen molar-refractivity contribution in [3.05, 3.63) is 58.1 Å². The van der Waals surface area contributed by atoms with Crippen molar-refractivity contribution in [3.8, 4) is 11.5 Å². The highest BCUT2D eigenvalue weighted by atomic mass is 35.5. The largest absolute Gasteiger partial charge is 0.493 e. The molecule has 0 unspecified atom stereocenters. The highest BCUT2D eigenvalue weighted by molar-refractivity contribution is 6.32. The molecule has 0 aliphatic rings. The Morgan fingerprint density at radius 1 is 1.21 bits per heavy atom. The molecule has 6 heteroatoms. The van der Waals surface area contributed by atoms with Crippen LogP contribution in [0, 0.1) is 0 Å². The highest BCUT2D eigenvalue weighted by Crippen LogP contribution is 2.36. The number of rotatable bonds is 7. The second-order valence-electron chi connectivity index (χ2n) is 5.13. The lowest BCUT2D eigenvalue weighted by Gasteiger charge is -2.13. The van der Waals surface area contributed by atoms with E-state index in [1.165, 1.54) is 0 Å². The maximum Gasteiger partial charge on any atom is 0.251 e. The van der Waals surface area contributed by atoms with Crippen LogP contribution in [0.25, 0.3) is 0 Å². The Morgan fingerprint density at radius 3 is 2.50 bits per heavy atom. The lowest BCUT2D eigenvalue weighted by molar-refractivity contribution is 0.0951. The summed E-state index contributed by atoms with van der Waals surface area (Å²) in [5, 5.41) is 3.31. The monoisotopic (exact) mass is 348 g/mol. The van der Waals surface area contributed by atoms with Gasteiger partial charge in [-0.3, -0.25) is 4.79 Å². The fourth-order valence-electron chi connectivity index (χ4n) is 2.24. The van der Waals surface area contributed by atoms with Gasteiger partial charge in [0.05, 0.1) is 18.7 Å². The van der Waals surface area contributed by atoms with Gasteiger partial charge >= 0.3 is 0 Å². The molecule has 128 valence electrons. The van der Waals surface area contributed by atoms with Crippen LogP contribution in [0.3, 0.4) is 0 Å². The number of nitrogens with two attached hydrogens (primary N) is 1. The molecule has 2 rings (SSSR count). The van der Waals surface area contributed by atoms with Crippen LogP contribution < -0.4 is 20.5 Å². The van der Waals surface area contributed by atoms with Crippen LogP contribution in [-0.2, 0) is 13.1 Å². The Hall–Kier alpha value is -2.24. The van der Waals surface area contributed by atoms with E-state index in [2.05, 4.69) is 5.32 Å². The number of hydrogen-bond acceptors (Lipinski definition) is 4. The maximum absolute atomic E-state index is 12.2. The molecule has 0 heterocycles. The third-order valence-corrected chi connectivity index (χ3v) is 3.76. The molecule has 5 nitrogen and oxygen atoms in total. The van der Waals surface area contributed by atoms with Crippen molar-refractivity contribution in [2.45, 2.75) is 20.0 Å². The van der Waals surface area contributed by atoms with Crippen molar-refractivity contribution >= 4 is 17.5 Å². The van der Waals surface area contributed by atoms with E-state index in [9.17, 15) is 4.79 Å². The fraction of sp³-hybridized carbons (Fsp3) is 0.278. The lowest BCUT2D eigenvalue weighted by Crippen LogP contribution is -2.22. The van der Waals surface area contributed by atoms with E-state index in [-0.39, 0.29) is 5.91 Å². The van der Waals surface area contributed by atoms with Crippen LogP contribution in [0.2, 0.25) is 5.02 Å². The molecule has 0 fully saturated rings. The first kappa shape index (κ1) is 18.1. The van der Waals surface area contributed by atoms with Crippen LogP contribution in [0.5, 0.6) is 11.5 Å². The summed E-state index contributed by atoms with van der Waals surface area (Å²) in [7, 11) is 1.55. The van der Waals surface area contributed by atoms with Crippen LogP contribution in [-0.4, -0.2) is 19.6 Å². The average molecular weight is 349 g/mol. The van der Waals surface area contributed by atoms with Gasteiger partial charge in [-0.05, 0) is 42.3 Å². The molecular formula is C18H21ClN2O3. The molecular weight excluding hydrogens is 328 g/mol. The molecule has 0 atom stereocenters. The summed E-state index contributed by atoms with van der Waals surface area (Å²) in [5.41, 5.74) is 7.94. The van der Waals surface area contributed by atoms with Gasteiger partial charge < -0.3 is 20.5 Å². The summed E-state index contributed by atoms with van der Waals surface area (Å²) in [6.45, 7) is 3.15. The van der Waals surface area contributed by atoms with Gasteiger partial charge in [0.25, 0.3) is 5.91 Å². The summed E-state index contributed by atoms with van der Waals surface area (Å²) in [6, 6.07) is 10.7. The number of halogens is 1. The van der Waals surface area contributed by atoms with E-state index in [4.69, 9.17) is 26.8 Å². The predicted molar refractivity (Wildman–Crippen MR) is 94.7 cm³/mol. The van der Waals surface area contributed by atoms with Crippen LogP contribution in [0.15, 0.2) is 36.4 Å². The summed E-state index contributed by atoms with van der Waals surface area (Å²) >= 11 is 6.23. The SMILES string of the molecule is CCOc1c(Cl)cc(CNC(=O)c2ccc(CN)cc2)cc1OC. The van der Waals surface area contributed by atoms with Crippen molar-refractivity contribution in [3.63, 3.8) is 0 Å². The van der Waals surface area contributed by atoms with Gasteiger partial charge in [-0.15, -0.1) is 0 Å². The highest BCUT2D eigenvalue weighted by Gasteiger charge is 2.12. The minimum Gasteiger partial charge on any atom is -0.493 e. The quantitative estimate of drug-likeness (QED) is 0.806. The van der Waals surface area contributed by atoms with Crippen LogP contribution >= 0.6 is 11.6 Å². The minimum atomic E-state index is -0.164. The molecule has 2 aromatic rings. The van der Waals surface area contributed by atoms with Gasteiger partial charge in [0.1, 0.15) is 0 Å².